The van der Waals surface area contributed by atoms with Crippen molar-refractivity contribution in [2.75, 3.05) is 0 Å². The fourth-order valence-corrected chi connectivity index (χ4v) is 2.49. The zero-order chi connectivity index (χ0) is 14.5. The van der Waals surface area contributed by atoms with E-state index in [1.54, 1.807) is 18.2 Å². The Labute approximate surface area is 126 Å². The topological polar surface area (TPSA) is 12.0 Å². The molecular weight excluding hydrogens is 324 g/mol. The van der Waals surface area contributed by atoms with Gasteiger partial charge in [-0.15, -0.1) is 0 Å². The van der Waals surface area contributed by atoms with E-state index in [1.165, 1.54) is 24.3 Å². The minimum atomic E-state index is -0.250. The van der Waals surface area contributed by atoms with Crippen molar-refractivity contribution in [3.63, 3.8) is 0 Å². The summed E-state index contributed by atoms with van der Waals surface area (Å²) in [6, 6.07) is 11.2. The summed E-state index contributed by atoms with van der Waals surface area (Å²) in [4.78, 5) is 0. The van der Waals surface area contributed by atoms with Crippen LogP contribution in [0.25, 0.3) is 0 Å². The molecule has 4 heteroatoms. The predicted octanol–water partition coefficient (Wildman–Crippen LogP) is 4.97. The normalized spacial score (nSPS) is 12.4. The monoisotopic (exact) mass is 339 g/mol. The van der Waals surface area contributed by atoms with E-state index in [9.17, 15) is 8.78 Å². The van der Waals surface area contributed by atoms with Crippen molar-refractivity contribution in [1.29, 1.82) is 0 Å². The number of hydrogen-bond acceptors (Lipinski definition) is 1. The average Bonchev–Trinajstić information content (AvgIpc) is 2.45. The van der Waals surface area contributed by atoms with Crippen molar-refractivity contribution < 1.29 is 8.78 Å². The SMILES string of the molecule is CCC(NCc1cc(F)ccc1Br)c1ccc(F)cc1. The van der Waals surface area contributed by atoms with Gasteiger partial charge in [-0.1, -0.05) is 35.0 Å². The van der Waals surface area contributed by atoms with Crippen LogP contribution in [0, 0.1) is 11.6 Å². The van der Waals surface area contributed by atoms with Crippen molar-refractivity contribution in [1.82, 2.24) is 5.32 Å². The maximum Gasteiger partial charge on any atom is 0.123 e. The van der Waals surface area contributed by atoms with Crippen LogP contribution >= 0.6 is 15.9 Å². The highest BCUT2D eigenvalue weighted by Crippen LogP contribution is 2.21. The molecule has 2 aromatic carbocycles. The van der Waals surface area contributed by atoms with Gasteiger partial charge in [0.2, 0.25) is 0 Å². The van der Waals surface area contributed by atoms with Gasteiger partial charge in [0.25, 0.3) is 0 Å². The largest absolute Gasteiger partial charge is 0.306 e. The van der Waals surface area contributed by atoms with Crippen molar-refractivity contribution in [3.8, 4) is 0 Å². The molecule has 0 saturated heterocycles. The van der Waals surface area contributed by atoms with Crippen molar-refractivity contribution >= 4 is 15.9 Å². The van der Waals surface area contributed by atoms with Gasteiger partial charge in [-0.3, -0.25) is 0 Å². The minimum absolute atomic E-state index is 0.116. The van der Waals surface area contributed by atoms with Crippen LogP contribution in [-0.4, -0.2) is 0 Å². The zero-order valence-corrected chi connectivity index (χ0v) is 12.8. The maximum atomic E-state index is 13.2. The molecule has 1 atom stereocenters. The molecule has 106 valence electrons. The lowest BCUT2D eigenvalue weighted by molar-refractivity contribution is 0.515. The lowest BCUT2D eigenvalue weighted by Crippen LogP contribution is -2.20. The van der Waals surface area contributed by atoms with Crippen LogP contribution < -0.4 is 5.32 Å². The van der Waals surface area contributed by atoms with Gasteiger partial charge in [-0.25, -0.2) is 8.78 Å². The smallest absolute Gasteiger partial charge is 0.123 e. The number of nitrogens with one attached hydrogen (secondary N) is 1. The fourth-order valence-electron chi connectivity index (χ4n) is 2.10. The third-order valence-corrected chi connectivity index (χ3v) is 4.00. The van der Waals surface area contributed by atoms with Crippen LogP contribution in [0.1, 0.15) is 30.5 Å². The number of halogens is 3. The van der Waals surface area contributed by atoms with E-state index in [1.807, 2.05) is 0 Å². The number of benzene rings is 2. The summed E-state index contributed by atoms with van der Waals surface area (Å²) in [7, 11) is 0. The zero-order valence-electron chi connectivity index (χ0n) is 11.2. The Kier molecular flexibility index (Phi) is 5.26. The Morgan fingerprint density at radius 2 is 1.70 bits per heavy atom. The molecule has 0 saturated carbocycles. The highest BCUT2D eigenvalue weighted by atomic mass is 79.9. The first-order chi connectivity index (χ1) is 9.60. The predicted molar refractivity (Wildman–Crippen MR) is 80.4 cm³/mol. The van der Waals surface area contributed by atoms with E-state index in [0.29, 0.717) is 6.54 Å². The Bertz CT molecular complexity index is 569. The molecule has 2 aromatic rings. The quantitative estimate of drug-likeness (QED) is 0.810. The van der Waals surface area contributed by atoms with Gasteiger partial charge in [0, 0.05) is 17.1 Å². The van der Waals surface area contributed by atoms with Crippen molar-refractivity contribution in [2.45, 2.75) is 25.9 Å². The molecule has 0 aromatic heterocycles. The van der Waals surface area contributed by atoms with Crippen LogP contribution in [0.3, 0.4) is 0 Å². The fraction of sp³-hybridized carbons (Fsp3) is 0.250. The van der Waals surface area contributed by atoms with E-state index in [0.717, 1.165) is 22.0 Å². The van der Waals surface area contributed by atoms with Crippen LogP contribution in [0.4, 0.5) is 8.78 Å². The highest BCUT2D eigenvalue weighted by Gasteiger charge is 2.10. The second-order valence-corrected chi connectivity index (χ2v) is 5.48. The maximum absolute atomic E-state index is 13.2. The molecule has 1 nitrogen and oxygen atoms in total. The Balaban J connectivity index is 2.07. The first kappa shape index (κ1) is 15.1. The van der Waals surface area contributed by atoms with Crippen molar-refractivity contribution in [3.05, 3.63) is 69.7 Å². The van der Waals surface area contributed by atoms with Crippen LogP contribution in [0.2, 0.25) is 0 Å². The lowest BCUT2D eigenvalue weighted by atomic mass is 10.0. The van der Waals surface area contributed by atoms with E-state index >= 15 is 0 Å². The van der Waals surface area contributed by atoms with Gasteiger partial charge in [-0.2, -0.15) is 0 Å². The summed E-state index contributed by atoms with van der Waals surface area (Å²) < 4.78 is 27.0. The van der Waals surface area contributed by atoms with Gasteiger partial charge in [0.05, 0.1) is 0 Å². The molecule has 0 spiro atoms. The molecule has 0 fully saturated rings. The Morgan fingerprint density at radius 3 is 2.35 bits per heavy atom. The van der Waals surface area contributed by atoms with Crippen LogP contribution in [0.5, 0.6) is 0 Å². The third-order valence-electron chi connectivity index (χ3n) is 3.23. The Hall–Kier alpha value is -1.26. The van der Waals surface area contributed by atoms with Crippen molar-refractivity contribution in [2.24, 2.45) is 0 Å². The summed E-state index contributed by atoms with van der Waals surface area (Å²) in [5.41, 5.74) is 1.90. The molecule has 0 aliphatic rings. The number of rotatable bonds is 5. The van der Waals surface area contributed by atoms with E-state index in [4.69, 9.17) is 0 Å². The summed E-state index contributed by atoms with van der Waals surface area (Å²) in [6.07, 6.45) is 0.874. The van der Waals surface area contributed by atoms with Gasteiger partial charge in [0.15, 0.2) is 0 Å². The molecule has 0 bridgehead atoms. The standard InChI is InChI=1S/C16H16BrF2N/c1-2-16(11-3-5-13(18)6-4-11)20-10-12-9-14(19)7-8-15(12)17/h3-9,16,20H,2,10H2,1H3. The second kappa shape index (κ2) is 6.95. The second-order valence-electron chi connectivity index (χ2n) is 4.63. The first-order valence-corrected chi connectivity index (χ1v) is 7.32. The molecule has 0 aliphatic heterocycles. The molecule has 2 rings (SSSR count). The Morgan fingerprint density at radius 1 is 1.05 bits per heavy atom. The molecule has 20 heavy (non-hydrogen) atoms. The van der Waals surface area contributed by atoms with Gasteiger partial charge < -0.3 is 5.32 Å². The first-order valence-electron chi connectivity index (χ1n) is 6.53. The van der Waals surface area contributed by atoms with Crippen LogP contribution in [0.15, 0.2) is 46.9 Å². The summed E-state index contributed by atoms with van der Waals surface area (Å²) in [5, 5.41) is 3.37. The minimum Gasteiger partial charge on any atom is -0.306 e. The molecular formula is C16H16BrF2N. The summed E-state index contributed by atoms with van der Waals surface area (Å²) in [5.74, 6) is -0.490. The van der Waals surface area contributed by atoms with Gasteiger partial charge >= 0.3 is 0 Å². The molecule has 0 radical (unpaired) electrons. The lowest BCUT2D eigenvalue weighted by Gasteiger charge is -2.18. The van der Waals surface area contributed by atoms with Gasteiger partial charge in [-0.05, 0) is 47.9 Å². The number of hydrogen-bond donors (Lipinski definition) is 1. The molecule has 1 unspecified atom stereocenters. The highest BCUT2D eigenvalue weighted by molar-refractivity contribution is 9.10. The van der Waals surface area contributed by atoms with E-state index in [2.05, 4.69) is 28.2 Å². The van der Waals surface area contributed by atoms with E-state index in [-0.39, 0.29) is 17.7 Å². The average molecular weight is 340 g/mol. The summed E-state index contributed by atoms with van der Waals surface area (Å²) >= 11 is 3.41. The third kappa shape index (κ3) is 3.87. The molecule has 0 aliphatic carbocycles. The van der Waals surface area contributed by atoms with E-state index < -0.39 is 0 Å². The molecule has 0 amide bonds. The summed E-state index contributed by atoms with van der Waals surface area (Å²) in [6.45, 7) is 2.61. The van der Waals surface area contributed by atoms with Crippen LogP contribution in [-0.2, 0) is 6.54 Å². The molecule has 1 N–H and O–H groups in total. The molecule has 0 heterocycles. The van der Waals surface area contributed by atoms with Gasteiger partial charge in [0.1, 0.15) is 11.6 Å².